The fourth-order valence-electron chi connectivity index (χ4n) is 1.63. The number of carbonyl (C=O) groups excluding carboxylic acids is 1. The summed E-state index contributed by atoms with van der Waals surface area (Å²) in [5.74, 6) is -1.14. The zero-order valence-electron chi connectivity index (χ0n) is 11.0. The van der Waals surface area contributed by atoms with Gasteiger partial charge in [0, 0.05) is 12.6 Å². The van der Waals surface area contributed by atoms with Crippen LogP contribution in [0.2, 0.25) is 0 Å². The van der Waals surface area contributed by atoms with Crippen molar-refractivity contribution in [3.63, 3.8) is 0 Å². The molecule has 104 valence electrons. The number of nitrogens with one attached hydrogen (secondary N) is 1. The van der Waals surface area contributed by atoms with Crippen LogP contribution in [0.1, 0.15) is 47.8 Å². The second kappa shape index (κ2) is 8.48. The molecule has 0 atom stereocenters. The number of carbonyl (C=O) groups is 2. The van der Waals surface area contributed by atoms with E-state index in [1.165, 1.54) is 30.3 Å². The van der Waals surface area contributed by atoms with Crippen molar-refractivity contribution in [2.75, 3.05) is 6.54 Å². The van der Waals surface area contributed by atoms with Crippen LogP contribution in [-0.4, -0.2) is 23.5 Å². The van der Waals surface area contributed by atoms with Crippen molar-refractivity contribution in [3.05, 3.63) is 28.0 Å². The molecule has 0 aromatic carbocycles. The van der Waals surface area contributed by atoms with Gasteiger partial charge in [0.25, 0.3) is 5.91 Å². The largest absolute Gasteiger partial charge is 0.478 e. The summed E-state index contributed by atoms with van der Waals surface area (Å²) < 4.78 is 0. The van der Waals surface area contributed by atoms with E-state index in [9.17, 15) is 9.59 Å². The first-order valence-electron chi connectivity index (χ1n) is 6.42. The molecule has 5 heteroatoms. The number of aliphatic carboxylic acids is 1. The maximum absolute atomic E-state index is 11.9. The van der Waals surface area contributed by atoms with Gasteiger partial charge in [-0.05, 0) is 29.5 Å². The monoisotopic (exact) mass is 281 g/mol. The zero-order chi connectivity index (χ0) is 14.1. The van der Waals surface area contributed by atoms with Gasteiger partial charge in [-0.15, -0.1) is 11.3 Å². The minimum absolute atomic E-state index is 0.128. The lowest BCUT2D eigenvalue weighted by Gasteiger charge is -2.04. The third-order valence-electron chi connectivity index (χ3n) is 2.62. The lowest BCUT2D eigenvalue weighted by molar-refractivity contribution is -0.131. The van der Waals surface area contributed by atoms with Crippen LogP contribution in [0.3, 0.4) is 0 Å². The molecule has 1 aromatic heterocycles. The molecule has 0 fully saturated rings. The van der Waals surface area contributed by atoms with Gasteiger partial charge >= 0.3 is 5.97 Å². The van der Waals surface area contributed by atoms with E-state index in [-0.39, 0.29) is 5.91 Å². The molecule has 1 amide bonds. The molecule has 0 aliphatic carbocycles. The standard InChI is InChI=1S/C14H19NO3S/c1-2-3-4-5-9-15-14(18)13-11(8-10-19-13)6-7-12(16)17/h6-8,10H,2-5,9H2,1H3,(H,15,18)(H,16,17). The summed E-state index contributed by atoms with van der Waals surface area (Å²) in [5, 5.41) is 13.2. The minimum Gasteiger partial charge on any atom is -0.478 e. The van der Waals surface area contributed by atoms with E-state index >= 15 is 0 Å². The topological polar surface area (TPSA) is 66.4 Å². The third-order valence-corrected chi connectivity index (χ3v) is 3.55. The molecule has 0 aliphatic rings. The lowest BCUT2D eigenvalue weighted by atomic mass is 10.2. The molecule has 1 aromatic rings. The highest BCUT2D eigenvalue weighted by molar-refractivity contribution is 7.12. The van der Waals surface area contributed by atoms with Crippen molar-refractivity contribution >= 4 is 29.3 Å². The van der Waals surface area contributed by atoms with Crippen molar-refractivity contribution in [3.8, 4) is 0 Å². The first-order chi connectivity index (χ1) is 9.15. The van der Waals surface area contributed by atoms with Crippen molar-refractivity contribution in [1.29, 1.82) is 0 Å². The van der Waals surface area contributed by atoms with E-state index < -0.39 is 5.97 Å². The minimum atomic E-state index is -1.02. The molecule has 1 rings (SSSR count). The molecule has 0 saturated carbocycles. The van der Waals surface area contributed by atoms with E-state index in [2.05, 4.69) is 12.2 Å². The first kappa shape index (κ1) is 15.4. The lowest BCUT2D eigenvalue weighted by Crippen LogP contribution is -2.24. The van der Waals surface area contributed by atoms with Crippen LogP contribution in [0.15, 0.2) is 17.5 Å². The molecule has 0 aliphatic heterocycles. The third kappa shape index (κ3) is 5.70. The first-order valence-corrected chi connectivity index (χ1v) is 7.29. The highest BCUT2D eigenvalue weighted by atomic mass is 32.1. The average Bonchev–Trinajstić information content (AvgIpc) is 2.84. The normalized spacial score (nSPS) is 10.8. The second-order valence-corrected chi connectivity index (χ2v) is 5.11. The van der Waals surface area contributed by atoms with Crippen LogP contribution in [0.25, 0.3) is 6.08 Å². The van der Waals surface area contributed by atoms with Crippen molar-refractivity contribution in [2.45, 2.75) is 32.6 Å². The Balaban J connectivity index is 2.48. The summed E-state index contributed by atoms with van der Waals surface area (Å²) in [4.78, 5) is 22.9. The van der Waals surface area contributed by atoms with Crippen LogP contribution in [-0.2, 0) is 4.79 Å². The smallest absolute Gasteiger partial charge is 0.328 e. The van der Waals surface area contributed by atoms with Gasteiger partial charge in [-0.1, -0.05) is 26.2 Å². The number of carboxylic acids is 1. The molecule has 2 N–H and O–H groups in total. The molecule has 4 nitrogen and oxygen atoms in total. The molecule has 19 heavy (non-hydrogen) atoms. The number of hydrogen-bond acceptors (Lipinski definition) is 3. The summed E-state index contributed by atoms with van der Waals surface area (Å²) in [6.45, 7) is 2.81. The van der Waals surface area contributed by atoms with Crippen molar-refractivity contribution in [1.82, 2.24) is 5.32 Å². The van der Waals surface area contributed by atoms with Crippen molar-refractivity contribution in [2.24, 2.45) is 0 Å². The summed E-state index contributed by atoms with van der Waals surface area (Å²) >= 11 is 1.32. The molecule has 0 unspecified atom stereocenters. The maximum atomic E-state index is 11.9. The molecule has 0 saturated heterocycles. The molecular formula is C14H19NO3S. The van der Waals surface area contributed by atoms with E-state index in [0.717, 1.165) is 18.9 Å². The van der Waals surface area contributed by atoms with Crippen LogP contribution in [0.5, 0.6) is 0 Å². The molecule has 0 bridgehead atoms. The Kier molecular flexibility index (Phi) is 6.89. The molecule has 0 radical (unpaired) electrons. The Labute approximate surface area is 117 Å². The van der Waals surface area contributed by atoms with Crippen LogP contribution in [0.4, 0.5) is 0 Å². The average molecular weight is 281 g/mol. The Hall–Kier alpha value is -1.62. The fraction of sp³-hybridized carbons (Fsp3) is 0.429. The van der Waals surface area contributed by atoms with Crippen LogP contribution in [0, 0.1) is 0 Å². The van der Waals surface area contributed by atoms with Gasteiger partial charge in [0.15, 0.2) is 0 Å². The maximum Gasteiger partial charge on any atom is 0.328 e. The highest BCUT2D eigenvalue weighted by Gasteiger charge is 2.10. The van der Waals surface area contributed by atoms with E-state index in [4.69, 9.17) is 5.11 Å². The Morgan fingerprint density at radius 1 is 1.37 bits per heavy atom. The summed E-state index contributed by atoms with van der Waals surface area (Å²) in [6.07, 6.45) is 6.94. The number of thiophene rings is 1. The summed E-state index contributed by atoms with van der Waals surface area (Å²) in [5.41, 5.74) is 0.651. The number of unbranched alkanes of at least 4 members (excludes halogenated alkanes) is 3. The van der Waals surface area contributed by atoms with Crippen molar-refractivity contribution < 1.29 is 14.7 Å². The quantitative estimate of drug-likeness (QED) is 0.568. The van der Waals surface area contributed by atoms with E-state index in [0.29, 0.717) is 17.0 Å². The number of carboxylic acid groups (broad SMARTS) is 1. The van der Waals surface area contributed by atoms with Gasteiger partial charge in [0.2, 0.25) is 0 Å². The zero-order valence-corrected chi connectivity index (χ0v) is 11.8. The Morgan fingerprint density at radius 3 is 2.84 bits per heavy atom. The number of rotatable bonds is 8. The van der Waals surface area contributed by atoms with Gasteiger partial charge in [-0.2, -0.15) is 0 Å². The Morgan fingerprint density at radius 2 is 2.16 bits per heavy atom. The van der Waals surface area contributed by atoms with Crippen LogP contribution >= 0.6 is 11.3 Å². The fourth-order valence-corrected chi connectivity index (χ4v) is 2.43. The van der Waals surface area contributed by atoms with Gasteiger partial charge in [0.1, 0.15) is 0 Å². The van der Waals surface area contributed by atoms with Gasteiger partial charge in [-0.3, -0.25) is 4.79 Å². The SMILES string of the molecule is CCCCCCNC(=O)c1sccc1C=CC(=O)O. The van der Waals surface area contributed by atoms with E-state index in [1.807, 2.05) is 0 Å². The predicted octanol–water partition coefficient (Wildman–Crippen LogP) is 3.16. The number of hydrogen-bond donors (Lipinski definition) is 2. The predicted molar refractivity (Wildman–Crippen MR) is 77.5 cm³/mol. The number of amides is 1. The summed E-state index contributed by atoms with van der Waals surface area (Å²) in [6, 6.07) is 1.75. The second-order valence-electron chi connectivity index (χ2n) is 4.19. The molecular weight excluding hydrogens is 262 g/mol. The highest BCUT2D eigenvalue weighted by Crippen LogP contribution is 2.18. The van der Waals surface area contributed by atoms with E-state index in [1.54, 1.807) is 11.4 Å². The van der Waals surface area contributed by atoms with Gasteiger partial charge in [0.05, 0.1) is 4.88 Å². The molecule has 1 heterocycles. The van der Waals surface area contributed by atoms with Gasteiger partial charge < -0.3 is 10.4 Å². The summed E-state index contributed by atoms with van der Waals surface area (Å²) in [7, 11) is 0. The van der Waals surface area contributed by atoms with Crippen LogP contribution < -0.4 is 5.32 Å². The molecule has 0 spiro atoms. The Bertz CT molecular complexity index is 451. The van der Waals surface area contributed by atoms with Gasteiger partial charge in [-0.25, -0.2) is 4.79 Å².